The average Bonchev–Trinajstić information content (AvgIpc) is 3.36. The first-order chi connectivity index (χ1) is 16.1. The molecule has 0 amide bonds. The molecule has 2 aromatic carbocycles. The first-order valence-corrected chi connectivity index (χ1v) is 12.2. The molecule has 0 aliphatic heterocycles. The van der Waals surface area contributed by atoms with Crippen LogP contribution in [-0.4, -0.2) is 24.2 Å². The quantitative estimate of drug-likeness (QED) is 0.345. The standard InChI is InChI=1S/C25H22ClN3O4S/c1-16-4-5-17(13-27-16)24(30)21-12-19(26)8-11-22(21)29-34(31,32)20-9-6-18(7-10-20)25(2,3)23-14-33-15-28-23/h4-15,29H,1-3H3. The summed E-state index contributed by atoms with van der Waals surface area (Å²) in [7, 11) is -3.98. The minimum Gasteiger partial charge on any atom is -0.451 e. The van der Waals surface area contributed by atoms with Crippen molar-refractivity contribution in [3.63, 3.8) is 0 Å². The Balaban J connectivity index is 1.64. The molecular formula is C25H22ClN3O4S. The number of aryl methyl sites for hydroxylation is 1. The van der Waals surface area contributed by atoms with Gasteiger partial charge in [0.05, 0.1) is 16.3 Å². The van der Waals surface area contributed by atoms with E-state index in [2.05, 4.69) is 14.7 Å². The lowest BCUT2D eigenvalue weighted by Crippen LogP contribution is -2.20. The molecule has 0 radical (unpaired) electrons. The van der Waals surface area contributed by atoms with Crippen molar-refractivity contribution < 1.29 is 17.6 Å². The maximum absolute atomic E-state index is 13.1. The van der Waals surface area contributed by atoms with Gasteiger partial charge in [-0.25, -0.2) is 13.4 Å². The summed E-state index contributed by atoms with van der Waals surface area (Å²) >= 11 is 6.11. The number of pyridine rings is 1. The third-order valence-electron chi connectivity index (χ3n) is 5.60. The van der Waals surface area contributed by atoms with E-state index in [0.29, 0.717) is 10.6 Å². The summed E-state index contributed by atoms with van der Waals surface area (Å²) in [6.07, 6.45) is 4.37. The highest BCUT2D eigenvalue weighted by Gasteiger charge is 2.27. The molecule has 4 rings (SSSR count). The first kappa shape index (κ1) is 23.7. The number of oxazole rings is 1. The molecule has 2 aromatic heterocycles. The van der Waals surface area contributed by atoms with Crippen LogP contribution in [0.15, 0.2) is 82.8 Å². The van der Waals surface area contributed by atoms with E-state index >= 15 is 0 Å². The Morgan fingerprint density at radius 3 is 2.38 bits per heavy atom. The SMILES string of the molecule is Cc1ccc(C(=O)c2cc(Cl)ccc2NS(=O)(=O)c2ccc(C(C)(C)c3cocn3)cc2)cn1. The molecule has 0 fully saturated rings. The maximum Gasteiger partial charge on any atom is 0.261 e. The van der Waals surface area contributed by atoms with Gasteiger partial charge in [0.15, 0.2) is 12.2 Å². The number of nitrogens with one attached hydrogen (secondary N) is 1. The molecule has 0 aliphatic carbocycles. The van der Waals surface area contributed by atoms with Crippen LogP contribution >= 0.6 is 11.6 Å². The zero-order valence-electron chi connectivity index (χ0n) is 18.7. The third kappa shape index (κ3) is 4.73. The van der Waals surface area contributed by atoms with E-state index < -0.39 is 21.2 Å². The van der Waals surface area contributed by atoms with Crippen LogP contribution in [0.3, 0.4) is 0 Å². The van der Waals surface area contributed by atoms with Crippen LogP contribution in [-0.2, 0) is 15.4 Å². The summed E-state index contributed by atoms with van der Waals surface area (Å²) in [6, 6.07) is 14.3. The summed E-state index contributed by atoms with van der Waals surface area (Å²) in [5.41, 5.74) is 2.48. The van der Waals surface area contributed by atoms with Crippen molar-refractivity contribution in [1.29, 1.82) is 0 Å². The second-order valence-corrected chi connectivity index (χ2v) is 10.5. The average molecular weight is 496 g/mol. The number of benzene rings is 2. The van der Waals surface area contributed by atoms with Gasteiger partial charge >= 0.3 is 0 Å². The molecule has 0 unspecified atom stereocenters. The number of rotatable bonds is 7. The van der Waals surface area contributed by atoms with Gasteiger partial charge in [0.25, 0.3) is 10.0 Å². The highest BCUT2D eigenvalue weighted by Crippen LogP contribution is 2.31. The van der Waals surface area contributed by atoms with Crippen molar-refractivity contribution >= 4 is 33.1 Å². The zero-order chi connectivity index (χ0) is 24.5. The molecule has 0 aliphatic rings. The lowest BCUT2D eigenvalue weighted by molar-refractivity contribution is 0.103. The van der Waals surface area contributed by atoms with Gasteiger partial charge in [-0.05, 0) is 55.0 Å². The topological polar surface area (TPSA) is 102 Å². The molecule has 0 bridgehead atoms. The molecule has 1 N–H and O–H groups in total. The highest BCUT2D eigenvalue weighted by atomic mass is 35.5. The minimum atomic E-state index is -3.98. The van der Waals surface area contributed by atoms with Crippen LogP contribution in [0.1, 0.15) is 46.7 Å². The minimum absolute atomic E-state index is 0.0533. The molecular weight excluding hydrogens is 474 g/mol. The van der Waals surface area contributed by atoms with E-state index in [9.17, 15) is 13.2 Å². The van der Waals surface area contributed by atoms with E-state index in [1.165, 1.54) is 42.9 Å². The van der Waals surface area contributed by atoms with E-state index in [1.807, 2.05) is 20.8 Å². The zero-order valence-corrected chi connectivity index (χ0v) is 20.3. The molecule has 0 saturated heterocycles. The Morgan fingerprint density at radius 2 is 1.76 bits per heavy atom. The summed E-state index contributed by atoms with van der Waals surface area (Å²) in [5.74, 6) is -0.391. The van der Waals surface area contributed by atoms with Crippen LogP contribution in [0.5, 0.6) is 0 Å². The van der Waals surface area contributed by atoms with Gasteiger partial charge in [-0.3, -0.25) is 14.5 Å². The number of hydrogen-bond donors (Lipinski definition) is 1. The largest absolute Gasteiger partial charge is 0.451 e. The molecule has 4 aromatic rings. The van der Waals surface area contributed by atoms with Gasteiger partial charge in [0, 0.05) is 33.5 Å². The lowest BCUT2D eigenvalue weighted by atomic mass is 9.82. The van der Waals surface area contributed by atoms with Crippen molar-refractivity contribution in [2.75, 3.05) is 4.72 Å². The number of ketones is 1. The van der Waals surface area contributed by atoms with E-state index in [1.54, 1.807) is 30.5 Å². The molecule has 174 valence electrons. The smallest absolute Gasteiger partial charge is 0.261 e. The number of halogens is 1. The predicted octanol–water partition coefficient (Wildman–Crippen LogP) is 5.39. The normalized spacial score (nSPS) is 11.9. The number of nitrogens with zero attached hydrogens (tertiary/aromatic N) is 2. The van der Waals surface area contributed by atoms with E-state index in [0.717, 1.165) is 17.0 Å². The summed E-state index contributed by atoms with van der Waals surface area (Å²) in [5, 5.41) is 0.311. The van der Waals surface area contributed by atoms with E-state index in [4.69, 9.17) is 16.0 Å². The number of sulfonamides is 1. The lowest BCUT2D eigenvalue weighted by Gasteiger charge is -2.22. The second kappa shape index (κ2) is 9.04. The van der Waals surface area contributed by atoms with Gasteiger partial charge in [0.1, 0.15) is 6.26 Å². The summed E-state index contributed by atoms with van der Waals surface area (Å²) in [4.78, 5) is 21.5. The fourth-order valence-corrected chi connectivity index (χ4v) is 4.73. The predicted molar refractivity (Wildman–Crippen MR) is 130 cm³/mol. The number of hydrogen-bond acceptors (Lipinski definition) is 6. The summed E-state index contributed by atoms with van der Waals surface area (Å²) in [6.45, 7) is 5.75. The highest BCUT2D eigenvalue weighted by molar-refractivity contribution is 7.92. The fraction of sp³-hybridized carbons (Fsp3) is 0.160. The van der Waals surface area contributed by atoms with Crippen LogP contribution in [0.25, 0.3) is 0 Å². The Morgan fingerprint density at radius 1 is 1.03 bits per heavy atom. The van der Waals surface area contributed by atoms with Gasteiger partial charge in [-0.2, -0.15) is 0 Å². The molecule has 0 spiro atoms. The number of anilines is 1. The fourth-order valence-electron chi connectivity index (χ4n) is 3.47. The Labute approximate surface area is 202 Å². The van der Waals surface area contributed by atoms with Crippen molar-refractivity contribution in [3.05, 3.63) is 107 Å². The van der Waals surface area contributed by atoms with Crippen LogP contribution < -0.4 is 4.72 Å². The number of carbonyl (C=O) groups is 1. The summed E-state index contributed by atoms with van der Waals surface area (Å²) < 4.78 is 33.9. The van der Waals surface area contributed by atoms with Gasteiger partial charge in [-0.1, -0.05) is 37.6 Å². The first-order valence-electron chi connectivity index (χ1n) is 10.4. The molecule has 34 heavy (non-hydrogen) atoms. The van der Waals surface area contributed by atoms with Crippen LogP contribution in [0, 0.1) is 6.92 Å². The molecule has 7 nitrogen and oxygen atoms in total. The van der Waals surface area contributed by atoms with Crippen LogP contribution in [0.4, 0.5) is 5.69 Å². The van der Waals surface area contributed by atoms with Crippen LogP contribution in [0.2, 0.25) is 5.02 Å². The number of carbonyl (C=O) groups excluding carboxylic acids is 1. The number of aromatic nitrogens is 2. The monoisotopic (exact) mass is 495 g/mol. The van der Waals surface area contributed by atoms with Crippen molar-refractivity contribution in [2.24, 2.45) is 0 Å². The molecule has 0 atom stereocenters. The Kier molecular flexibility index (Phi) is 6.29. The van der Waals surface area contributed by atoms with Crippen molar-refractivity contribution in [3.8, 4) is 0 Å². The molecule has 0 saturated carbocycles. The van der Waals surface area contributed by atoms with Gasteiger partial charge in [0.2, 0.25) is 0 Å². The molecule has 9 heteroatoms. The third-order valence-corrected chi connectivity index (χ3v) is 7.22. The van der Waals surface area contributed by atoms with Gasteiger partial charge < -0.3 is 4.42 Å². The Hall–Kier alpha value is -3.49. The van der Waals surface area contributed by atoms with Crippen molar-refractivity contribution in [1.82, 2.24) is 9.97 Å². The Bertz CT molecular complexity index is 1430. The second-order valence-electron chi connectivity index (χ2n) is 8.34. The van der Waals surface area contributed by atoms with Crippen molar-refractivity contribution in [2.45, 2.75) is 31.1 Å². The van der Waals surface area contributed by atoms with Gasteiger partial charge in [-0.15, -0.1) is 0 Å². The maximum atomic E-state index is 13.1. The van der Waals surface area contributed by atoms with E-state index in [-0.39, 0.29) is 16.1 Å². The molecule has 2 heterocycles.